The summed E-state index contributed by atoms with van der Waals surface area (Å²) in [5.74, 6) is -3.56. The molecule has 4 rings (SSSR count). The first-order chi connectivity index (χ1) is 15.6. The van der Waals surface area contributed by atoms with Crippen LogP contribution in [-0.2, 0) is 11.2 Å². The number of aryl methyl sites for hydroxylation is 1. The normalized spacial score (nSPS) is 20.3. The number of halogens is 3. The summed E-state index contributed by atoms with van der Waals surface area (Å²) in [6.45, 7) is 6.56. The predicted molar refractivity (Wildman–Crippen MR) is 116 cm³/mol. The molecule has 0 unspecified atom stereocenters. The minimum Gasteiger partial charge on any atom is -0.346 e. The number of likely N-dealkylation sites (tertiary alicyclic amines) is 1. The number of benzene rings is 1. The van der Waals surface area contributed by atoms with Gasteiger partial charge in [-0.1, -0.05) is 13.8 Å². The first-order valence-corrected chi connectivity index (χ1v) is 10.9. The van der Waals surface area contributed by atoms with Crippen LogP contribution < -0.4 is 10.2 Å². The lowest BCUT2D eigenvalue weighted by atomic mass is 9.99. The summed E-state index contributed by atoms with van der Waals surface area (Å²) < 4.78 is 40.3. The van der Waals surface area contributed by atoms with Gasteiger partial charge in [-0.25, -0.2) is 23.1 Å². The molecule has 33 heavy (non-hydrogen) atoms. The molecule has 2 aromatic rings. The first-order valence-electron chi connectivity index (χ1n) is 10.9. The summed E-state index contributed by atoms with van der Waals surface area (Å²) in [7, 11) is 1.84. The smallest absolute Gasteiger partial charge is 0.254 e. The maximum absolute atomic E-state index is 13.5. The molecule has 1 aromatic carbocycles. The number of amides is 2. The molecule has 0 aliphatic carbocycles. The van der Waals surface area contributed by atoms with Crippen LogP contribution in [0.3, 0.4) is 0 Å². The van der Waals surface area contributed by atoms with Gasteiger partial charge in [0.05, 0.1) is 5.69 Å². The summed E-state index contributed by atoms with van der Waals surface area (Å²) in [6.07, 6.45) is 1.19. The number of likely N-dealkylation sites (N-methyl/N-ethyl adjacent to an activating group) is 1. The standard InChI is InChI=1S/C23H26F3N5O2/c1-11(2)20-22(32)29-19-12(3)27-17(28-21(19)30(20)4)7-13-5-6-31(10-13)23(33)14-8-15(24)18(26)16(25)9-14/h8-9,11,13,20H,5-7,10H2,1-4H3,(H,29,32)/t13-,20+/m1/s1. The number of fused-ring (bicyclic) bond motifs is 1. The van der Waals surface area contributed by atoms with Gasteiger partial charge in [0, 0.05) is 32.1 Å². The van der Waals surface area contributed by atoms with Crippen LogP contribution in [0.25, 0.3) is 0 Å². The molecule has 2 aliphatic rings. The fourth-order valence-electron chi connectivity index (χ4n) is 4.67. The van der Waals surface area contributed by atoms with Crippen LogP contribution in [0, 0.1) is 36.2 Å². The number of nitrogens with zero attached hydrogens (tertiary/aromatic N) is 4. The molecule has 2 amide bonds. The molecule has 7 nitrogen and oxygen atoms in total. The van der Waals surface area contributed by atoms with Gasteiger partial charge < -0.3 is 15.1 Å². The molecule has 2 atom stereocenters. The van der Waals surface area contributed by atoms with Crippen molar-refractivity contribution in [3.63, 3.8) is 0 Å². The van der Waals surface area contributed by atoms with E-state index in [0.717, 1.165) is 12.1 Å². The molecule has 0 saturated carbocycles. The van der Waals surface area contributed by atoms with E-state index in [-0.39, 0.29) is 29.3 Å². The predicted octanol–water partition coefficient (Wildman–Crippen LogP) is 3.32. The molecule has 0 radical (unpaired) electrons. The number of nitrogens with one attached hydrogen (secondary N) is 1. The highest BCUT2D eigenvalue weighted by molar-refractivity contribution is 6.03. The molecule has 1 N–H and O–H groups in total. The Balaban J connectivity index is 1.49. The Bertz CT molecular complexity index is 1100. The van der Waals surface area contributed by atoms with Crippen molar-refractivity contribution in [2.45, 2.75) is 39.7 Å². The van der Waals surface area contributed by atoms with Gasteiger partial charge in [0.2, 0.25) is 5.91 Å². The number of hydrogen-bond acceptors (Lipinski definition) is 5. The van der Waals surface area contributed by atoms with Gasteiger partial charge in [0.25, 0.3) is 5.91 Å². The van der Waals surface area contributed by atoms with E-state index in [9.17, 15) is 22.8 Å². The fourth-order valence-corrected chi connectivity index (χ4v) is 4.67. The molecule has 1 saturated heterocycles. The summed E-state index contributed by atoms with van der Waals surface area (Å²) in [5, 5.41) is 2.92. The van der Waals surface area contributed by atoms with Crippen LogP contribution in [0.2, 0.25) is 0 Å². The van der Waals surface area contributed by atoms with Gasteiger partial charge in [-0.05, 0) is 37.3 Å². The maximum atomic E-state index is 13.5. The van der Waals surface area contributed by atoms with E-state index in [2.05, 4.69) is 10.3 Å². The highest BCUT2D eigenvalue weighted by atomic mass is 19.2. The van der Waals surface area contributed by atoms with Crippen molar-refractivity contribution < 1.29 is 22.8 Å². The zero-order valence-electron chi connectivity index (χ0n) is 19.0. The third-order valence-corrected chi connectivity index (χ3v) is 6.29. The molecular formula is C23H26F3N5O2. The summed E-state index contributed by atoms with van der Waals surface area (Å²) in [4.78, 5) is 37.8. The molecule has 0 bridgehead atoms. The molecule has 176 valence electrons. The number of rotatable bonds is 4. The highest BCUT2D eigenvalue weighted by Gasteiger charge is 2.36. The van der Waals surface area contributed by atoms with Crippen molar-refractivity contribution in [1.82, 2.24) is 14.9 Å². The van der Waals surface area contributed by atoms with E-state index >= 15 is 0 Å². The second-order valence-corrected chi connectivity index (χ2v) is 9.08. The Morgan fingerprint density at radius 1 is 1.21 bits per heavy atom. The summed E-state index contributed by atoms with van der Waals surface area (Å²) >= 11 is 0. The number of carbonyl (C=O) groups is 2. The van der Waals surface area contributed by atoms with Gasteiger partial charge in [-0.2, -0.15) is 0 Å². The second kappa shape index (κ2) is 8.64. The van der Waals surface area contributed by atoms with E-state index < -0.39 is 23.4 Å². The van der Waals surface area contributed by atoms with Crippen molar-refractivity contribution in [2.24, 2.45) is 11.8 Å². The zero-order valence-corrected chi connectivity index (χ0v) is 19.0. The number of carbonyl (C=O) groups excluding carboxylic acids is 2. The fraction of sp³-hybridized carbons (Fsp3) is 0.478. The van der Waals surface area contributed by atoms with Crippen molar-refractivity contribution in [3.05, 3.63) is 46.7 Å². The van der Waals surface area contributed by atoms with Gasteiger partial charge in [-0.3, -0.25) is 9.59 Å². The largest absolute Gasteiger partial charge is 0.346 e. The van der Waals surface area contributed by atoms with E-state index in [1.165, 1.54) is 4.90 Å². The highest BCUT2D eigenvalue weighted by Crippen LogP contribution is 2.34. The topological polar surface area (TPSA) is 78.4 Å². The maximum Gasteiger partial charge on any atom is 0.254 e. The van der Waals surface area contributed by atoms with Crippen LogP contribution >= 0.6 is 0 Å². The van der Waals surface area contributed by atoms with E-state index in [4.69, 9.17) is 4.98 Å². The summed E-state index contributed by atoms with van der Waals surface area (Å²) in [6, 6.07) is 1.11. The minimum absolute atomic E-state index is 0.0610. The second-order valence-electron chi connectivity index (χ2n) is 9.08. The Kier molecular flexibility index (Phi) is 6.02. The van der Waals surface area contributed by atoms with Crippen molar-refractivity contribution in [2.75, 3.05) is 30.4 Å². The molecule has 10 heteroatoms. The van der Waals surface area contributed by atoms with Crippen LogP contribution in [0.15, 0.2) is 12.1 Å². The molecule has 1 fully saturated rings. The Labute approximate surface area is 190 Å². The summed E-state index contributed by atoms with van der Waals surface area (Å²) in [5.41, 5.74) is 1.05. The van der Waals surface area contributed by atoms with Crippen LogP contribution in [0.4, 0.5) is 24.7 Å². The van der Waals surface area contributed by atoms with E-state index in [1.54, 1.807) is 0 Å². The molecule has 2 aliphatic heterocycles. The minimum atomic E-state index is -1.59. The number of hydrogen-bond donors (Lipinski definition) is 1. The quantitative estimate of drug-likeness (QED) is 0.707. The van der Waals surface area contributed by atoms with Crippen molar-refractivity contribution in [3.8, 4) is 0 Å². The lowest BCUT2D eigenvalue weighted by Gasteiger charge is -2.37. The molecule has 1 aromatic heterocycles. The average molecular weight is 461 g/mol. The first kappa shape index (κ1) is 23.0. The third-order valence-electron chi connectivity index (χ3n) is 6.29. The molecular weight excluding hydrogens is 435 g/mol. The van der Waals surface area contributed by atoms with Crippen LogP contribution in [0.5, 0.6) is 0 Å². The zero-order chi connectivity index (χ0) is 24.0. The number of anilines is 2. The van der Waals surface area contributed by atoms with Crippen molar-refractivity contribution >= 4 is 23.3 Å². The SMILES string of the molecule is Cc1nc(C[C@H]2CCN(C(=O)c3cc(F)c(F)c(F)c3)C2)nc2c1NC(=O)[C@H](C(C)C)N2C. The number of aromatic nitrogens is 2. The Morgan fingerprint density at radius 3 is 2.52 bits per heavy atom. The third kappa shape index (κ3) is 4.26. The Morgan fingerprint density at radius 2 is 1.88 bits per heavy atom. The van der Waals surface area contributed by atoms with Gasteiger partial charge in [-0.15, -0.1) is 0 Å². The van der Waals surface area contributed by atoms with Gasteiger partial charge in [0.1, 0.15) is 17.6 Å². The monoisotopic (exact) mass is 461 g/mol. The van der Waals surface area contributed by atoms with Crippen molar-refractivity contribution in [1.29, 1.82) is 0 Å². The average Bonchev–Trinajstić information content (AvgIpc) is 3.20. The van der Waals surface area contributed by atoms with Crippen LogP contribution in [0.1, 0.15) is 42.1 Å². The Hall–Kier alpha value is -3.17. The van der Waals surface area contributed by atoms with Gasteiger partial charge in [0.15, 0.2) is 23.3 Å². The van der Waals surface area contributed by atoms with Crippen LogP contribution in [-0.4, -0.2) is 52.9 Å². The lowest BCUT2D eigenvalue weighted by Crippen LogP contribution is -2.49. The van der Waals surface area contributed by atoms with E-state index in [1.807, 2.05) is 32.7 Å². The van der Waals surface area contributed by atoms with E-state index in [0.29, 0.717) is 49.0 Å². The lowest BCUT2D eigenvalue weighted by molar-refractivity contribution is -0.118. The van der Waals surface area contributed by atoms with Gasteiger partial charge >= 0.3 is 0 Å². The molecule has 0 spiro atoms. The molecule has 3 heterocycles.